The molecule has 0 saturated carbocycles. The molecule has 0 atom stereocenters. The topological polar surface area (TPSA) is 64.0 Å². The summed E-state index contributed by atoms with van der Waals surface area (Å²) in [5, 5.41) is 10.1. The van der Waals surface area contributed by atoms with E-state index in [-0.39, 0.29) is 0 Å². The number of aromatic nitrogens is 1. The minimum atomic E-state index is -1.05. The van der Waals surface area contributed by atoms with Gasteiger partial charge in [-0.15, -0.1) is 0 Å². The predicted molar refractivity (Wildman–Crippen MR) is 85.2 cm³/mol. The van der Waals surface area contributed by atoms with E-state index in [1.165, 1.54) is 0 Å². The number of rotatable bonds is 5. The van der Waals surface area contributed by atoms with Crippen molar-refractivity contribution in [2.45, 2.75) is 32.4 Å². The highest BCUT2D eigenvalue weighted by atomic mass is 28.3. The van der Waals surface area contributed by atoms with E-state index in [4.69, 9.17) is 15.7 Å². The minimum Gasteiger partial charge on any atom is -0.399 e. The SMILES string of the molecule is C[Si](C)(C)CCOCn1ccc2c(C#N)cc(N)cc21. The number of benzene rings is 1. The Morgan fingerprint density at radius 1 is 1.35 bits per heavy atom. The lowest BCUT2D eigenvalue weighted by Crippen LogP contribution is -2.21. The largest absolute Gasteiger partial charge is 0.399 e. The van der Waals surface area contributed by atoms with Crippen molar-refractivity contribution in [3.05, 3.63) is 30.0 Å². The van der Waals surface area contributed by atoms with Gasteiger partial charge in [-0.05, 0) is 24.2 Å². The molecule has 0 radical (unpaired) electrons. The van der Waals surface area contributed by atoms with Gasteiger partial charge in [-0.3, -0.25) is 0 Å². The van der Waals surface area contributed by atoms with Gasteiger partial charge in [-0.1, -0.05) is 19.6 Å². The maximum absolute atomic E-state index is 9.13. The summed E-state index contributed by atoms with van der Waals surface area (Å²) in [4.78, 5) is 0. The molecule has 0 aliphatic heterocycles. The van der Waals surface area contributed by atoms with Crippen molar-refractivity contribution < 1.29 is 4.74 Å². The first-order valence-electron chi connectivity index (χ1n) is 6.77. The van der Waals surface area contributed by atoms with Gasteiger partial charge in [0.1, 0.15) is 6.73 Å². The van der Waals surface area contributed by atoms with Crippen LogP contribution in [0, 0.1) is 11.3 Å². The van der Waals surface area contributed by atoms with E-state index in [0.29, 0.717) is 18.0 Å². The predicted octanol–water partition coefficient (Wildman–Crippen LogP) is 3.41. The van der Waals surface area contributed by atoms with E-state index < -0.39 is 8.07 Å². The first-order chi connectivity index (χ1) is 9.40. The third-order valence-corrected chi connectivity index (χ3v) is 4.96. The van der Waals surface area contributed by atoms with Crippen molar-refractivity contribution in [3.63, 3.8) is 0 Å². The van der Waals surface area contributed by atoms with Crippen LogP contribution >= 0.6 is 0 Å². The van der Waals surface area contributed by atoms with E-state index in [9.17, 15) is 0 Å². The molecule has 0 aliphatic carbocycles. The Balaban J connectivity index is 2.12. The fraction of sp³-hybridized carbons (Fsp3) is 0.400. The summed E-state index contributed by atoms with van der Waals surface area (Å²) in [6, 6.07) is 8.87. The van der Waals surface area contributed by atoms with Crippen LogP contribution in [0.4, 0.5) is 5.69 Å². The third kappa shape index (κ3) is 3.41. The first kappa shape index (κ1) is 14.6. The number of hydrogen-bond acceptors (Lipinski definition) is 3. The van der Waals surface area contributed by atoms with E-state index in [0.717, 1.165) is 23.6 Å². The fourth-order valence-electron chi connectivity index (χ4n) is 2.06. The standard InChI is InChI=1S/C15H21N3OSi/c1-20(2,3)7-6-19-11-18-5-4-14-12(10-16)8-13(17)9-15(14)18/h4-5,8-9H,6-7,11,17H2,1-3H3. The molecule has 1 aromatic heterocycles. The number of ether oxygens (including phenoxy) is 1. The summed E-state index contributed by atoms with van der Waals surface area (Å²) in [5.41, 5.74) is 8.01. The highest BCUT2D eigenvalue weighted by molar-refractivity contribution is 6.76. The van der Waals surface area contributed by atoms with Crippen molar-refractivity contribution in [2.24, 2.45) is 0 Å². The Kier molecular flexibility index (Phi) is 4.17. The van der Waals surface area contributed by atoms with Crippen LogP contribution in [-0.4, -0.2) is 19.2 Å². The lowest BCUT2D eigenvalue weighted by atomic mass is 10.1. The Morgan fingerprint density at radius 2 is 2.10 bits per heavy atom. The van der Waals surface area contributed by atoms with Crippen LogP contribution in [0.5, 0.6) is 0 Å². The molecule has 0 aliphatic rings. The second-order valence-corrected chi connectivity index (χ2v) is 11.9. The van der Waals surface area contributed by atoms with Gasteiger partial charge in [0, 0.05) is 32.0 Å². The summed E-state index contributed by atoms with van der Waals surface area (Å²) in [6.45, 7) is 8.29. The smallest absolute Gasteiger partial charge is 0.122 e. The van der Waals surface area contributed by atoms with Crippen LogP contribution < -0.4 is 5.73 Å². The molecule has 0 amide bonds. The number of nitrogens with two attached hydrogens (primary N) is 1. The normalized spacial score (nSPS) is 11.7. The van der Waals surface area contributed by atoms with Crippen molar-refractivity contribution in [2.75, 3.05) is 12.3 Å². The van der Waals surface area contributed by atoms with Gasteiger partial charge in [-0.2, -0.15) is 5.26 Å². The molecular formula is C15H21N3OSi. The quantitative estimate of drug-likeness (QED) is 0.520. The van der Waals surface area contributed by atoms with Crippen LogP contribution in [0.25, 0.3) is 10.9 Å². The highest BCUT2D eigenvalue weighted by Gasteiger charge is 2.12. The summed E-state index contributed by atoms with van der Waals surface area (Å²) in [6.07, 6.45) is 1.94. The maximum atomic E-state index is 9.13. The molecule has 1 heterocycles. The minimum absolute atomic E-state index is 0.502. The molecule has 0 bridgehead atoms. The van der Waals surface area contributed by atoms with Crippen LogP contribution in [0.3, 0.4) is 0 Å². The Labute approximate surface area is 120 Å². The zero-order chi connectivity index (χ0) is 14.8. The Bertz CT molecular complexity index is 649. The first-order valence-corrected chi connectivity index (χ1v) is 10.5. The molecule has 106 valence electrons. The van der Waals surface area contributed by atoms with Crippen LogP contribution in [0.1, 0.15) is 5.56 Å². The van der Waals surface area contributed by atoms with Gasteiger partial charge in [0.15, 0.2) is 0 Å². The molecule has 0 spiro atoms. The zero-order valence-corrected chi connectivity index (χ0v) is 13.3. The summed E-state index contributed by atoms with van der Waals surface area (Å²) in [7, 11) is -1.05. The lowest BCUT2D eigenvalue weighted by molar-refractivity contribution is 0.0902. The summed E-state index contributed by atoms with van der Waals surface area (Å²) >= 11 is 0. The molecule has 0 saturated heterocycles. The fourth-order valence-corrected chi connectivity index (χ4v) is 2.82. The number of hydrogen-bond donors (Lipinski definition) is 1. The molecule has 2 aromatic rings. The molecule has 2 N–H and O–H groups in total. The second-order valence-electron chi connectivity index (χ2n) is 6.25. The molecule has 20 heavy (non-hydrogen) atoms. The lowest BCUT2D eigenvalue weighted by Gasteiger charge is -2.15. The number of nitrogen functional groups attached to an aromatic ring is 1. The number of nitriles is 1. The van der Waals surface area contributed by atoms with Gasteiger partial charge in [0.25, 0.3) is 0 Å². The van der Waals surface area contributed by atoms with E-state index in [2.05, 4.69) is 25.7 Å². The van der Waals surface area contributed by atoms with Crippen LogP contribution in [0.15, 0.2) is 24.4 Å². The molecular weight excluding hydrogens is 266 g/mol. The third-order valence-electron chi connectivity index (χ3n) is 3.26. The molecule has 4 nitrogen and oxygen atoms in total. The van der Waals surface area contributed by atoms with Crippen LogP contribution in [0.2, 0.25) is 25.7 Å². The Morgan fingerprint density at radius 3 is 2.75 bits per heavy atom. The van der Waals surface area contributed by atoms with Crippen molar-refractivity contribution in [1.29, 1.82) is 5.26 Å². The van der Waals surface area contributed by atoms with Crippen molar-refractivity contribution in [3.8, 4) is 6.07 Å². The molecule has 1 aromatic carbocycles. The van der Waals surface area contributed by atoms with Gasteiger partial charge in [0.05, 0.1) is 17.1 Å². The van der Waals surface area contributed by atoms with E-state index >= 15 is 0 Å². The number of anilines is 1. The summed E-state index contributed by atoms with van der Waals surface area (Å²) in [5.74, 6) is 0. The van der Waals surface area contributed by atoms with E-state index in [1.807, 2.05) is 22.9 Å². The Hall–Kier alpha value is -1.77. The molecule has 2 rings (SSSR count). The highest BCUT2D eigenvalue weighted by Crippen LogP contribution is 2.23. The average molecular weight is 287 g/mol. The number of fused-ring (bicyclic) bond motifs is 1. The molecule has 0 fully saturated rings. The monoisotopic (exact) mass is 287 g/mol. The molecule has 0 unspecified atom stereocenters. The van der Waals surface area contributed by atoms with Crippen molar-refractivity contribution >= 4 is 24.7 Å². The van der Waals surface area contributed by atoms with Crippen molar-refractivity contribution in [1.82, 2.24) is 4.57 Å². The van der Waals surface area contributed by atoms with Gasteiger partial charge in [-0.25, -0.2) is 0 Å². The molecule has 5 heteroatoms. The summed E-state index contributed by atoms with van der Waals surface area (Å²) < 4.78 is 7.75. The van der Waals surface area contributed by atoms with Crippen LogP contribution in [-0.2, 0) is 11.5 Å². The zero-order valence-electron chi connectivity index (χ0n) is 12.3. The maximum Gasteiger partial charge on any atom is 0.122 e. The average Bonchev–Trinajstić information content (AvgIpc) is 2.75. The second kappa shape index (κ2) is 5.69. The van der Waals surface area contributed by atoms with Gasteiger partial charge < -0.3 is 15.0 Å². The van der Waals surface area contributed by atoms with Gasteiger partial charge >= 0.3 is 0 Å². The van der Waals surface area contributed by atoms with Gasteiger partial charge in [0.2, 0.25) is 0 Å². The van der Waals surface area contributed by atoms with E-state index in [1.54, 1.807) is 6.07 Å². The number of nitrogens with zero attached hydrogens (tertiary/aromatic N) is 2.